The first-order valence-electron chi connectivity index (χ1n) is 11.7. The van der Waals surface area contributed by atoms with Crippen LogP contribution in [-0.4, -0.2) is 74.4 Å². The second-order valence-electron chi connectivity index (χ2n) is 9.12. The molecular formula is C23H39IN6O. The van der Waals surface area contributed by atoms with Gasteiger partial charge in [0.1, 0.15) is 5.82 Å². The van der Waals surface area contributed by atoms with Gasteiger partial charge < -0.3 is 25.2 Å². The van der Waals surface area contributed by atoms with Crippen molar-refractivity contribution in [3.05, 3.63) is 23.9 Å². The van der Waals surface area contributed by atoms with Crippen LogP contribution < -0.4 is 15.5 Å². The van der Waals surface area contributed by atoms with Gasteiger partial charge in [0.05, 0.1) is 12.7 Å². The maximum Gasteiger partial charge on any atom is 0.191 e. The third-order valence-electron chi connectivity index (χ3n) is 6.66. The maximum absolute atomic E-state index is 5.65. The number of hydrogen-bond donors (Lipinski definition) is 2. The third kappa shape index (κ3) is 7.18. The molecule has 1 saturated carbocycles. The number of rotatable bonds is 6. The molecule has 174 valence electrons. The summed E-state index contributed by atoms with van der Waals surface area (Å²) in [5.41, 5.74) is 1.22. The normalized spacial score (nSPS) is 25.5. The summed E-state index contributed by atoms with van der Waals surface area (Å²) in [6, 6.07) is 4.74. The van der Waals surface area contributed by atoms with Crippen LogP contribution in [-0.2, 0) is 11.3 Å². The molecule has 7 nitrogen and oxygen atoms in total. The number of likely N-dealkylation sites (tertiary alicyclic amines) is 1. The number of anilines is 1. The van der Waals surface area contributed by atoms with Gasteiger partial charge in [-0.15, -0.1) is 24.0 Å². The van der Waals surface area contributed by atoms with Crippen LogP contribution in [0.25, 0.3) is 0 Å². The fraction of sp³-hybridized carbons (Fsp3) is 0.739. The summed E-state index contributed by atoms with van der Waals surface area (Å²) in [7, 11) is 1.85. The molecule has 1 aromatic heterocycles. The van der Waals surface area contributed by atoms with Crippen LogP contribution in [0.3, 0.4) is 0 Å². The van der Waals surface area contributed by atoms with Crippen molar-refractivity contribution in [3.8, 4) is 0 Å². The van der Waals surface area contributed by atoms with Gasteiger partial charge in [0, 0.05) is 58.6 Å². The fourth-order valence-corrected chi connectivity index (χ4v) is 5.02. The number of nitrogens with zero attached hydrogens (tertiary/aromatic N) is 4. The van der Waals surface area contributed by atoms with Crippen molar-refractivity contribution in [1.82, 2.24) is 20.5 Å². The lowest BCUT2D eigenvalue weighted by molar-refractivity contribution is 0.0529. The standard InChI is InChI=1S/C23H38N6O.HI/c1-18-15-29(11-12-30-18)22-13-20(7-9-25-22)14-26-23(24-2)27-21-8-10-28(17-21)16-19-5-3-4-6-19;/h7,9,13,18-19,21H,3-6,8,10-12,14-17H2,1-2H3,(H2,24,26,27);1H. The molecule has 0 radical (unpaired) electrons. The van der Waals surface area contributed by atoms with Crippen molar-refractivity contribution in [2.24, 2.45) is 10.9 Å². The number of nitrogens with one attached hydrogen (secondary N) is 2. The lowest BCUT2D eigenvalue weighted by Gasteiger charge is -2.32. The molecule has 1 aromatic rings. The molecular weight excluding hydrogens is 503 g/mol. The smallest absolute Gasteiger partial charge is 0.191 e. The summed E-state index contributed by atoms with van der Waals surface area (Å²) < 4.78 is 5.65. The zero-order chi connectivity index (χ0) is 20.8. The van der Waals surface area contributed by atoms with E-state index in [1.165, 1.54) is 50.8 Å². The first kappa shape index (κ1) is 24.5. The van der Waals surface area contributed by atoms with E-state index < -0.39 is 0 Å². The van der Waals surface area contributed by atoms with Gasteiger partial charge in [-0.3, -0.25) is 4.99 Å². The van der Waals surface area contributed by atoms with Gasteiger partial charge in [-0.1, -0.05) is 12.8 Å². The van der Waals surface area contributed by atoms with Gasteiger partial charge in [-0.25, -0.2) is 4.98 Å². The van der Waals surface area contributed by atoms with Gasteiger partial charge >= 0.3 is 0 Å². The highest BCUT2D eigenvalue weighted by atomic mass is 127. The van der Waals surface area contributed by atoms with Crippen molar-refractivity contribution >= 4 is 35.8 Å². The monoisotopic (exact) mass is 542 g/mol. The van der Waals surface area contributed by atoms with Crippen LogP contribution >= 0.6 is 24.0 Å². The summed E-state index contributed by atoms with van der Waals surface area (Å²) in [5, 5.41) is 7.12. The van der Waals surface area contributed by atoms with Crippen LogP contribution in [0.1, 0.15) is 44.6 Å². The number of aliphatic imine (C=N–C) groups is 1. The second-order valence-corrected chi connectivity index (χ2v) is 9.12. The Morgan fingerprint density at radius 1 is 1.23 bits per heavy atom. The van der Waals surface area contributed by atoms with Crippen LogP contribution in [0.5, 0.6) is 0 Å². The molecule has 4 rings (SSSR count). The molecule has 3 fully saturated rings. The molecule has 2 saturated heterocycles. The molecule has 31 heavy (non-hydrogen) atoms. The highest BCUT2D eigenvalue weighted by Gasteiger charge is 2.26. The van der Waals surface area contributed by atoms with E-state index in [2.05, 4.69) is 49.5 Å². The number of hydrogen-bond acceptors (Lipinski definition) is 5. The average Bonchev–Trinajstić information content (AvgIpc) is 3.44. The number of pyridine rings is 1. The highest BCUT2D eigenvalue weighted by molar-refractivity contribution is 14.0. The van der Waals surface area contributed by atoms with Crippen LogP contribution in [0.4, 0.5) is 5.82 Å². The van der Waals surface area contributed by atoms with Crippen molar-refractivity contribution in [3.63, 3.8) is 0 Å². The topological polar surface area (TPSA) is 65.0 Å². The Labute approximate surface area is 204 Å². The average molecular weight is 543 g/mol. The Hall–Kier alpha value is -1.13. The summed E-state index contributed by atoms with van der Waals surface area (Å²) in [5.74, 6) is 2.85. The molecule has 0 spiro atoms. The first-order chi connectivity index (χ1) is 14.7. The van der Waals surface area contributed by atoms with E-state index in [4.69, 9.17) is 4.74 Å². The van der Waals surface area contributed by atoms with Crippen LogP contribution in [0.15, 0.2) is 23.3 Å². The molecule has 0 aromatic carbocycles. The number of morpholine rings is 1. The molecule has 2 atom stereocenters. The number of guanidine groups is 1. The van der Waals surface area contributed by atoms with Crippen molar-refractivity contribution in [2.75, 3.05) is 51.3 Å². The summed E-state index contributed by atoms with van der Waals surface area (Å²) in [6.07, 6.45) is 9.06. The Balaban J connectivity index is 0.00000272. The van der Waals surface area contributed by atoms with Gasteiger partial charge in [-0.05, 0) is 49.8 Å². The van der Waals surface area contributed by atoms with Crippen LogP contribution in [0, 0.1) is 5.92 Å². The SMILES string of the molecule is CN=C(NCc1ccnc(N2CCOC(C)C2)c1)NC1CCN(CC2CCCC2)C1.I. The Morgan fingerprint density at radius 3 is 2.84 bits per heavy atom. The van der Waals surface area contributed by atoms with Crippen molar-refractivity contribution in [1.29, 1.82) is 0 Å². The molecule has 2 N–H and O–H groups in total. The molecule has 8 heteroatoms. The molecule has 0 bridgehead atoms. The van der Waals surface area contributed by atoms with E-state index in [9.17, 15) is 0 Å². The molecule has 2 aliphatic heterocycles. The molecule has 0 amide bonds. The fourth-order valence-electron chi connectivity index (χ4n) is 5.02. The van der Waals surface area contributed by atoms with Gasteiger partial charge in [0.25, 0.3) is 0 Å². The lowest BCUT2D eigenvalue weighted by atomic mass is 10.1. The summed E-state index contributed by atoms with van der Waals surface area (Å²) in [4.78, 5) is 14.0. The molecule has 3 aliphatic rings. The van der Waals surface area contributed by atoms with E-state index in [-0.39, 0.29) is 30.1 Å². The predicted molar refractivity (Wildman–Crippen MR) is 137 cm³/mol. The zero-order valence-corrected chi connectivity index (χ0v) is 21.4. The minimum atomic E-state index is 0. The zero-order valence-electron chi connectivity index (χ0n) is 19.1. The molecule has 2 unspecified atom stereocenters. The number of halogens is 1. The van der Waals surface area contributed by atoms with Gasteiger partial charge in [0.2, 0.25) is 0 Å². The van der Waals surface area contributed by atoms with Crippen molar-refractivity contribution in [2.45, 2.75) is 57.7 Å². The Morgan fingerprint density at radius 2 is 2.06 bits per heavy atom. The number of aromatic nitrogens is 1. The summed E-state index contributed by atoms with van der Waals surface area (Å²) >= 11 is 0. The maximum atomic E-state index is 5.65. The first-order valence-corrected chi connectivity index (χ1v) is 11.7. The minimum Gasteiger partial charge on any atom is -0.375 e. The van der Waals surface area contributed by atoms with Gasteiger partial charge in [0.15, 0.2) is 5.96 Å². The number of ether oxygens (including phenoxy) is 1. The predicted octanol–water partition coefficient (Wildman–Crippen LogP) is 2.85. The van der Waals surface area contributed by atoms with E-state index >= 15 is 0 Å². The van der Waals surface area contributed by atoms with E-state index in [1.54, 1.807) is 0 Å². The van der Waals surface area contributed by atoms with Gasteiger partial charge in [-0.2, -0.15) is 0 Å². The lowest BCUT2D eigenvalue weighted by Crippen LogP contribution is -2.44. The van der Waals surface area contributed by atoms with Crippen LogP contribution in [0.2, 0.25) is 0 Å². The molecule has 1 aliphatic carbocycles. The van der Waals surface area contributed by atoms with E-state index in [0.717, 1.165) is 50.5 Å². The largest absolute Gasteiger partial charge is 0.375 e. The van der Waals surface area contributed by atoms with Crippen molar-refractivity contribution < 1.29 is 4.74 Å². The minimum absolute atomic E-state index is 0. The Kier molecular flexibility index (Phi) is 9.65. The quantitative estimate of drug-likeness (QED) is 0.328. The highest BCUT2D eigenvalue weighted by Crippen LogP contribution is 2.26. The summed E-state index contributed by atoms with van der Waals surface area (Å²) in [6.45, 7) is 9.04. The van der Waals surface area contributed by atoms with E-state index in [0.29, 0.717) is 6.04 Å². The molecule has 3 heterocycles. The second kappa shape index (κ2) is 12.2. The Bertz CT molecular complexity index is 711. The third-order valence-corrected chi connectivity index (χ3v) is 6.66. The van der Waals surface area contributed by atoms with E-state index in [1.807, 2.05) is 13.2 Å².